The highest BCUT2D eigenvalue weighted by atomic mass is 16.5. The molecule has 2 aliphatic rings. The summed E-state index contributed by atoms with van der Waals surface area (Å²) in [6.45, 7) is 4.51. The molecule has 0 aromatic heterocycles. The maximum absolute atomic E-state index is 5.43. The van der Waals surface area contributed by atoms with E-state index in [1.54, 1.807) is 0 Å². The number of nitrogens with one attached hydrogen (secondary N) is 2. The summed E-state index contributed by atoms with van der Waals surface area (Å²) in [7, 11) is 1.83. The van der Waals surface area contributed by atoms with Gasteiger partial charge in [-0.1, -0.05) is 0 Å². The highest BCUT2D eigenvalue weighted by Crippen LogP contribution is 2.24. The molecule has 2 N–H and O–H groups in total. The van der Waals surface area contributed by atoms with Crippen molar-refractivity contribution in [2.45, 2.75) is 63.4 Å². The van der Waals surface area contributed by atoms with E-state index in [1.807, 2.05) is 7.11 Å². The standard InChI is InChI=1S/C11H22N2O/c1-7-8(2)13-11-6-9(14-3)4-5-10(11)12-7/h7-13H,4-6H2,1-3H3/t7-,8+,9+,10-,11+/m0/s1. The number of piperazine rings is 1. The first-order chi connectivity index (χ1) is 6.70. The molecule has 3 nitrogen and oxygen atoms in total. The van der Waals surface area contributed by atoms with E-state index in [4.69, 9.17) is 4.74 Å². The molecular formula is C11H22N2O. The van der Waals surface area contributed by atoms with Crippen LogP contribution in [0.3, 0.4) is 0 Å². The van der Waals surface area contributed by atoms with Crippen molar-refractivity contribution in [3.8, 4) is 0 Å². The molecule has 0 aromatic carbocycles. The van der Waals surface area contributed by atoms with Crippen molar-refractivity contribution < 1.29 is 4.74 Å². The second-order valence-electron chi connectivity index (χ2n) is 4.79. The van der Waals surface area contributed by atoms with Gasteiger partial charge in [-0.2, -0.15) is 0 Å². The Bertz CT molecular complexity index is 194. The van der Waals surface area contributed by atoms with Crippen molar-refractivity contribution in [3.63, 3.8) is 0 Å². The summed E-state index contributed by atoms with van der Waals surface area (Å²) in [5, 5.41) is 7.38. The molecule has 1 aliphatic carbocycles. The molecule has 1 saturated heterocycles. The molecule has 0 unspecified atom stereocenters. The Balaban J connectivity index is 1.95. The highest BCUT2D eigenvalue weighted by molar-refractivity contribution is 4.98. The predicted molar refractivity (Wildman–Crippen MR) is 57.4 cm³/mol. The van der Waals surface area contributed by atoms with Crippen molar-refractivity contribution in [2.24, 2.45) is 0 Å². The van der Waals surface area contributed by atoms with Crippen LogP contribution in [0, 0.1) is 0 Å². The third kappa shape index (κ3) is 1.95. The van der Waals surface area contributed by atoms with Crippen LogP contribution in [0.15, 0.2) is 0 Å². The van der Waals surface area contributed by atoms with Crippen LogP contribution in [-0.2, 0) is 4.74 Å². The molecule has 1 saturated carbocycles. The molecule has 14 heavy (non-hydrogen) atoms. The van der Waals surface area contributed by atoms with Gasteiger partial charge >= 0.3 is 0 Å². The number of methoxy groups -OCH3 is 1. The summed E-state index contributed by atoms with van der Waals surface area (Å²) in [5.74, 6) is 0. The van der Waals surface area contributed by atoms with Crippen LogP contribution in [0.1, 0.15) is 33.1 Å². The quantitative estimate of drug-likeness (QED) is 0.656. The van der Waals surface area contributed by atoms with Crippen LogP contribution in [0.4, 0.5) is 0 Å². The summed E-state index contributed by atoms with van der Waals surface area (Å²) in [6, 6.07) is 2.44. The second-order valence-corrected chi connectivity index (χ2v) is 4.79. The Hall–Kier alpha value is -0.120. The molecule has 0 amide bonds. The Labute approximate surface area is 86.6 Å². The molecule has 1 heterocycles. The Morgan fingerprint density at radius 3 is 2.29 bits per heavy atom. The lowest BCUT2D eigenvalue weighted by Crippen LogP contribution is -2.66. The van der Waals surface area contributed by atoms with Gasteiger partial charge in [0.25, 0.3) is 0 Å². The fourth-order valence-corrected chi connectivity index (χ4v) is 2.69. The van der Waals surface area contributed by atoms with Gasteiger partial charge < -0.3 is 15.4 Å². The largest absolute Gasteiger partial charge is 0.381 e. The molecule has 1 aliphatic heterocycles. The first-order valence-electron chi connectivity index (χ1n) is 5.75. The molecule has 0 radical (unpaired) electrons. The van der Waals surface area contributed by atoms with E-state index >= 15 is 0 Å². The second kappa shape index (κ2) is 4.17. The third-order valence-corrected chi connectivity index (χ3v) is 3.84. The topological polar surface area (TPSA) is 33.3 Å². The zero-order valence-corrected chi connectivity index (χ0v) is 9.42. The minimum atomic E-state index is 0.464. The third-order valence-electron chi connectivity index (χ3n) is 3.84. The van der Waals surface area contributed by atoms with Gasteiger partial charge in [0.15, 0.2) is 0 Å². The number of ether oxygens (including phenoxy) is 1. The molecule has 0 aromatic rings. The number of hydrogen-bond donors (Lipinski definition) is 2. The van der Waals surface area contributed by atoms with E-state index in [0.29, 0.717) is 30.3 Å². The minimum Gasteiger partial charge on any atom is -0.381 e. The van der Waals surface area contributed by atoms with E-state index in [9.17, 15) is 0 Å². The summed E-state index contributed by atoms with van der Waals surface area (Å²) in [5.41, 5.74) is 0. The zero-order chi connectivity index (χ0) is 10.1. The van der Waals surface area contributed by atoms with Crippen LogP contribution in [0.25, 0.3) is 0 Å². The SMILES string of the molecule is CO[C@@H]1CC[C@@H]2N[C@@H](C)[C@@H](C)N[C@@H]2C1. The fraction of sp³-hybridized carbons (Fsp3) is 1.00. The Kier molecular flexibility index (Phi) is 3.10. The first kappa shape index (κ1) is 10.4. The number of fused-ring (bicyclic) bond motifs is 1. The van der Waals surface area contributed by atoms with Crippen LogP contribution >= 0.6 is 0 Å². The van der Waals surface area contributed by atoms with Crippen LogP contribution < -0.4 is 10.6 Å². The fourth-order valence-electron chi connectivity index (χ4n) is 2.69. The molecule has 2 rings (SSSR count). The predicted octanol–water partition coefficient (Wildman–Crippen LogP) is 0.892. The Morgan fingerprint density at radius 1 is 1.00 bits per heavy atom. The smallest absolute Gasteiger partial charge is 0.0587 e. The lowest BCUT2D eigenvalue weighted by atomic mass is 9.84. The van der Waals surface area contributed by atoms with Crippen molar-refractivity contribution in [2.75, 3.05) is 7.11 Å². The van der Waals surface area contributed by atoms with Gasteiger partial charge in [-0.05, 0) is 33.1 Å². The van der Waals surface area contributed by atoms with Gasteiger partial charge in [-0.15, -0.1) is 0 Å². The molecule has 0 spiro atoms. The number of rotatable bonds is 1. The maximum Gasteiger partial charge on any atom is 0.0587 e. The van der Waals surface area contributed by atoms with Gasteiger partial charge in [0.2, 0.25) is 0 Å². The van der Waals surface area contributed by atoms with Gasteiger partial charge in [-0.3, -0.25) is 0 Å². The van der Waals surface area contributed by atoms with E-state index in [-0.39, 0.29) is 0 Å². The lowest BCUT2D eigenvalue weighted by Gasteiger charge is -2.45. The van der Waals surface area contributed by atoms with Crippen molar-refractivity contribution >= 4 is 0 Å². The molecule has 82 valence electrons. The molecule has 2 fully saturated rings. The summed E-state index contributed by atoms with van der Waals surface area (Å²) < 4.78 is 5.43. The Morgan fingerprint density at radius 2 is 1.64 bits per heavy atom. The zero-order valence-electron chi connectivity index (χ0n) is 9.42. The summed E-state index contributed by atoms with van der Waals surface area (Å²) in [4.78, 5) is 0. The van der Waals surface area contributed by atoms with Crippen LogP contribution in [-0.4, -0.2) is 37.4 Å². The number of hydrogen-bond acceptors (Lipinski definition) is 3. The maximum atomic E-state index is 5.43. The average Bonchev–Trinajstić information content (AvgIpc) is 2.19. The van der Waals surface area contributed by atoms with Crippen LogP contribution in [0.5, 0.6) is 0 Å². The monoisotopic (exact) mass is 198 g/mol. The highest BCUT2D eigenvalue weighted by Gasteiger charge is 2.36. The average molecular weight is 198 g/mol. The molecule has 3 heteroatoms. The van der Waals surface area contributed by atoms with Crippen molar-refractivity contribution in [1.82, 2.24) is 10.6 Å². The molecular weight excluding hydrogens is 176 g/mol. The summed E-state index contributed by atoms with van der Waals surface area (Å²) >= 11 is 0. The van der Waals surface area contributed by atoms with E-state index in [0.717, 1.165) is 6.42 Å². The van der Waals surface area contributed by atoms with E-state index in [2.05, 4.69) is 24.5 Å². The molecule has 0 bridgehead atoms. The van der Waals surface area contributed by atoms with E-state index < -0.39 is 0 Å². The lowest BCUT2D eigenvalue weighted by molar-refractivity contribution is 0.0335. The van der Waals surface area contributed by atoms with Gasteiger partial charge in [0, 0.05) is 31.3 Å². The van der Waals surface area contributed by atoms with Gasteiger partial charge in [0.1, 0.15) is 0 Å². The first-order valence-corrected chi connectivity index (χ1v) is 5.75. The van der Waals surface area contributed by atoms with Crippen molar-refractivity contribution in [3.05, 3.63) is 0 Å². The van der Waals surface area contributed by atoms with Gasteiger partial charge in [-0.25, -0.2) is 0 Å². The molecule has 5 atom stereocenters. The van der Waals surface area contributed by atoms with E-state index in [1.165, 1.54) is 12.8 Å². The van der Waals surface area contributed by atoms with Crippen LogP contribution in [0.2, 0.25) is 0 Å². The normalized spacial score (nSPS) is 48.6. The van der Waals surface area contributed by atoms with Crippen molar-refractivity contribution in [1.29, 1.82) is 0 Å². The minimum absolute atomic E-state index is 0.464. The van der Waals surface area contributed by atoms with Gasteiger partial charge in [0.05, 0.1) is 6.10 Å². The summed E-state index contributed by atoms with van der Waals surface area (Å²) in [6.07, 6.45) is 4.07.